The first-order valence-electron chi connectivity index (χ1n) is 9.92. The van der Waals surface area contributed by atoms with Gasteiger partial charge in [0.15, 0.2) is 0 Å². The van der Waals surface area contributed by atoms with Gasteiger partial charge in [-0.2, -0.15) is 15.2 Å². The van der Waals surface area contributed by atoms with Gasteiger partial charge in [-0.3, -0.25) is 9.48 Å². The average Bonchev–Trinajstić information content (AvgIpc) is 3.19. The molecule has 158 valence electrons. The highest BCUT2D eigenvalue weighted by molar-refractivity contribution is 6.33. The van der Waals surface area contributed by atoms with Gasteiger partial charge in [0.1, 0.15) is 5.75 Å². The van der Waals surface area contributed by atoms with E-state index in [1.165, 1.54) is 17.7 Å². The first-order chi connectivity index (χ1) is 14.9. The number of hydrogen-bond acceptors (Lipinski definition) is 4. The Labute approximate surface area is 186 Å². The second kappa shape index (κ2) is 8.40. The zero-order valence-electron chi connectivity index (χ0n) is 17.9. The molecule has 2 aromatic carbocycles. The Morgan fingerprint density at radius 3 is 2.55 bits per heavy atom. The second-order valence-corrected chi connectivity index (χ2v) is 7.81. The molecule has 0 atom stereocenters. The maximum absolute atomic E-state index is 13.2. The van der Waals surface area contributed by atoms with Crippen LogP contribution in [0.2, 0.25) is 5.02 Å². The van der Waals surface area contributed by atoms with Crippen molar-refractivity contribution in [1.82, 2.24) is 9.78 Å². The molecule has 1 amide bonds. The van der Waals surface area contributed by atoms with Gasteiger partial charge in [-0.1, -0.05) is 41.9 Å². The molecule has 4 rings (SSSR count). The smallest absolute Gasteiger partial charge is 0.280 e. The third-order valence-corrected chi connectivity index (χ3v) is 5.66. The summed E-state index contributed by atoms with van der Waals surface area (Å²) in [5, 5.41) is 11.0. The lowest BCUT2D eigenvalue weighted by molar-refractivity contribution is -0.114. The molecule has 1 aromatic heterocycles. The van der Waals surface area contributed by atoms with Crippen molar-refractivity contribution in [2.45, 2.75) is 27.3 Å². The van der Waals surface area contributed by atoms with Gasteiger partial charge < -0.3 is 4.74 Å². The van der Waals surface area contributed by atoms with Gasteiger partial charge in [0.25, 0.3) is 5.91 Å². The molecule has 0 spiro atoms. The van der Waals surface area contributed by atoms with Gasteiger partial charge in [-0.25, -0.2) is 0 Å². The molecule has 6 nitrogen and oxygen atoms in total. The largest absolute Gasteiger partial charge is 0.495 e. The predicted octanol–water partition coefficient (Wildman–Crippen LogP) is 5.02. The molecule has 1 aliphatic heterocycles. The molecule has 2 heterocycles. The van der Waals surface area contributed by atoms with E-state index in [0.717, 1.165) is 17.0 Å². The molecular formula is C24H23ClN4O2. The molecule has 0 fully saturated rings. The number of methoxy groups -OCH3 is 1. The number of carbonyl (C=O) groups excluding carboxylic acids is 1. The van der Waals surface area contributed by atoms with Crippen LogP contribution in [0.1, 0.15) is 29.4 Å². The number of ether oxygens (including phenoxy) is 1. The summed E-state index contributed by atoms with van der Waals surface area (Å²) < 4.78 is 7.23. The second-order valence-electron chi connectivity index (χ2n) is 7.41. The molecule has 0 radical (unpaired) electrons. The summed E-state index contributed by atoms with van der Waals surface area (Å²) in [5.74, 6) is 0.294. The molecule has 0 N–H and O–H groups in total. The van der Waals surface area contributed by atoms with Crippen molar-refractivity contribution < 1.29 is 9.53 Å². The van der Waals surface area contributed by atoms with E-state index in [0.29, 0.717) is 34.3 Å². The van der Waals surface area contributed by atoms with Crippen molar-refractivity contribution in [2.75, 3.05) is 12.1 Å². The Hall–Kier alpha value is -3.38. The Kier molecular flexibility index (Phi) is 5.65. The van der Waals surface area contributed by atoms with Gasteiger partial charge in [0.05, 0.1) is 41.3 Å². The molecule has 1 aliphatic rings. The molecule has 0 unspecified atom stereocenters. The van der Waals surface area contributed by atoms with Crippen molar-refractivity contribution in [1.29, 1.82) is 0 Å². The highest BCUT2D eigenvalue weighted by Gasteiger charge is 2.30. The number of aromatic nitrogens is 2. The minimum atomic E-state index is -0.198. The van der Waals surface area contributed by atoms with Gasteiger partial charge in [-0.15, -0.1) is 0 Å². The quantitative estimate of drug-likeness (QED) is 0.530. The van der Waals surface area contributed by atoms with Crippen LogP contribution in [-0.2, 0) is 11.3 Å². The fraction of sp³-hybridized carbons (Fsp3) is 0.208. The fourth-order valence-corrected chi connectivity index (χ4v) is 3.81. The summed E-state index contributed by atoms with van der Waals surface area (Å²) in [6.45, 7) is 6.47. The zero-order valence-corrected chi connectivity index (χ0v) is 18.6. The van der Waals surface area contributed by atoms with Crippen LogP contribution < -0.4 is 9.75 Å². The number of carbonyl (C=O) groups is 1. The lowest BCUT2D eigenvalue weighted by atomic mass is 10.1. The summed E-state index contributed by atoms with van der Waals surface area (Å²) in [6, 6.07) is 15.3. The molecular weight excluding hydrogens is 412 g/mol. The maximum atomic E-state index is 13.2. The van der Waals surface area contributed by atoms with Crippen molar-refractivity contribution >= 4 is 35.0 Å². The van der Waals surface area contributed by atoms with E-state index < -0.39 is 0 Å². The standard InChI is InChI=1S/C24H23ClN4O2/c1-15-20(17(3)28(26-15)14-18-8-6-5-7-9-18)13-21-16(2)27-29(24(21)30)19-10-11-22(25)23(12-19)31-4/h5-13H,14H2,1-4H3/b21-13+. The first-order valence-corrected chi connectivity index (χ1v) is 10.3. The molecule has 7 heteroatoms. The Morgan fingerprint density at radius 1 is 1.10 bits per heavy atom. The number of hydrogen-bond donors (Lipinski definition) is 0. The molecule has 0 bridgehead atoms. The Bertz CT molecular complexity index is 1210. The highest BCUT2D eigenvalue weighted by Crippen LogP contribution is 2.32. The van der Waals surface area contributed by atoms with Crippen molar-refractivity contribution in [3.8, 4) is 5.75 Å². The SMILES string of the molecule is COc1cc(N2N=C(C)/C(=C\c3c(C)nn(Cc4ccccc4)c3C)C2=O)ccc1Cl. The van der Waals surface area contributed by atoms with Gasteiger partial charge in [-0.05, 0) is 44.5 Å². The molecule has 31 heavy (non-hydrogen) atoms. The normalized spacial score (nSPS) is 15.0. The number of amides is 1. The van der Waals surface area contributed by atoms with E-state index in [1.54, 1.807) is 18.2 Å². The number of rotatable bonds is 5. The first kappa shape index (κ1) is 20.9. The zero-order chi connectivity index (χ0) is 22.1. The van der Waals surface area contributed by atoms with Crippen molar-refractivity contribution in [3.05, 3.63) is 81.6 Å². The van der Waals surface area contributed by atoms with Gasteiger partial charge in [0.2, 0.25) is 0 Å². The lowest BCUT2D eigenvalue weighted by Gasteiger charge is -2.13. The molecule has 0 saturated carbocycles. The lowest BCUT2D eigenvalue weighted by Crippen LogP contribution is -2.21. The van der Waals surface area contributed by atoms with Crippen LogP contribution in [0.15, 0.2) is 59.2 Å². The van der Waals surface area contributed by atoms with Crippen LogP contribution in [0, 0.1) is 13.8 Å². The number of halogens is 1. The minimum absolute atomic E-state index is 0.198. The molecule has 0 aliphatic carbocycles. The van der Waals surface area contributed by atoms with E-state index in [9.17, 15) is 4.79 Å². The topological polar surface area (TPSA) is 59.7 Å². The fourth-order valence-electron chi connectivity index (χ4n) is 3.61. The van der Waals surface area contributed by atoms with E-state index in [2.05, 4.69) is 22.3 Å². The van der Waals surface area contributed by atoms with Crippen LogP contribution >= 0.6 is 11.6 Å². The van der Waals surface area contributed by atoms with Crippen LogP contribution in [-0.4, -0.2) is 28.5 Å². The van der Waals surface area contributed by atoms with Crippen LogP contribution in [0.25, 0.3) is 6.08 Å². The van der Waals surface area contributed by atoms with Gasteiger partial charge in [0, 0.05) is 17.3 Å². The maximum Gasteiger partial charge on any atom is 0.280 e. The third-order valence-electron chi connectivity index (χ3n) is 5.34. The van der Waals surface area contributed by atoms with Crippen molar-refractivity contribution in [3.63, 3.8) is 0 Å². The van der Waals surface area contributed by atoms with E-state index in [4.69, 9.17) is 16.3 Å². The van der Waals surface area contributed by atoms with Crippen LogP contribution in [0.5, 0.6) is 5.75 Å². The van der Waals surface area contributed by atoms with Crippen molar-refractivity contribution in [2.24, 2.45) is 5.10 Å². The summed E-state index contributed by atoms with van der Waals surface area (Å²) in [5.41, 5.74) is 5.76. The minimum Gasteiger partial charge on any atom is -0.495 e. The number of benzene rings is 2. The number of aryl methyl sites for hydroxylation is 1. The summed E-state index contributed by atoms with van der Waals surface area (Å²) in [7, 11) is 1.54. The van der Waals surface area contributed by atoms with Crippen LogP contribution in [0.3, 0.4) is 0 Å². The highest BCUT2D eigenvalue weighted by atomic mass is 35.5. The molecule has 3 aromatic rings. The predicted molar refractivity (Wildman–Crippen MR) is 124 cm³/mol. The van der Waals surface area contributed by atoms with E-state index in [1.807, 2.05) is 49.7 Å². The summed E-state index contributed by atoms with van der Waals surface area (Å²) in [6.07, 6.45) is 1.88. The van der Waals surface area contributed by atoms with Crippen LogP contribution in [0.4, 0.5) is 5.69 Å². The summed E-state index contributed by atoms with van der Waals surface area (Å²) in [4.78, 5) is 13.2. The van der Waals surface area contributed by atoms with E-state index >= 15 is 0 Å². The summed E-state index contributed by atoms with van der Waals surface area (Å²) >= 11 is 6.11. The number of anilines is 1. The van der Waals surface area contributed by atoms with Gasteiger partial charge >= 0.3 is 0 Å². The van der Waals surface area contributed by atoms with E-state index in [-0.39, 0.29) is 5.91 Å². The number of nitrogens with zero attached hydrogens (tertiary/aromatic N) is 4. The Morgan fingerprint density at radius 2 is 1.84 bits per heavy atom. The monoisotopic (exact) mass is 434 g/mol. The Balaban J connectivity index is 1.65. The number of hydrazone groups is 1. The molecule has 0 saturated heterocycles. The average molecular weight is 435 g/mol. The third kappa shape index (κ3) is 3.99.